The highest BCUT2D eigenvalue weighted by molar-refractivity contribution is 5.79. The van der Waals surface area contributed by atoms with Crippen LogP contribution in [-0.2, 0) is 13.6 Å². The summed E-state index contributed by atoms with van der Waals surface area (Å²) in [5, 5.41) is 14.1. The predicted molar refractivity (Wildman–Crippen MR) is 85.7 cm³/mol. The maximum Gasteiger partial charge on any atom is 0.191 e. The first-order chi connectivity index (χ1) is 11.1. The quantitative estimate of drug-likeness (QED) is 0.615. The Morgan fingerprint density at radius 3 is 2.91 bits per heavy atom. The van der Waals surface area contributed by atoms with Gasteiger partial charge < -0.3 is 19.9 Å². The number of aromatic nitrogens is 3. The van der Waals surface area contributed by atoms with Crippen molar-refractivity contribution in [1.82, 2.24) is 25.4 Å². The molecule has 124 valence electrons. The van der Waals surface area contributed by atoms with Gasteiger partial charge in [0.25, 0.3) is 0 Å². The fraction of sp³-hybridized carbons (Fsp3) is 0.400. The minimum Gasteiger partial charge on any atom is -0.489 e. The molecule has 23 heavy (non-hydrogen) atoms. The molecule has 0 radical (unpaired) electrons. The molecule has 0 amide bonds. The molecule has 0 spiro atoms. The van der Waals surface area contributed by atoms with E-state index in [2.05, 4.69) is 25.8 Å². The highest BCUT2D eigenvalue weighted by Crippen LogP contribution is 2.13. The van der Waals surface area contributed by atoms with Crippen molar-refractivity contribution in [2.45, 2.75) is 19.6 Å². The van der Waals surface area contributed by atoms with Crippen LogP contribution in [0.2, 0.25) is 0 Å². The SMILES string of the molecule is CN=C(NCc1nncn1C)NCC(C)Oc1cccc(F)c1. The summed E-state index contributed by atoms with van der Waals surface area (Å²) in [6, 6.07) is 6.08. The topological polar surface area (TPSA) is 76.4 Å². The van der Waals surface area contributed by atoms with E-state index in [-0.39, 0.29) is 11.9 Å². The van der Waals surface area contributed by atoms with Crippen LogP contribution in [0.4, 0.5) is 4.39 Å². The van der Waals surface area contributed by atoms with E-state index in [1.807, 2.05) is 18.5 Å². The molecule has 7 nitrogen and oxygen atoms in total. The van der Waals surface area contributed by atoms with E-state index < -0.39 is 0 Å². The molecule has 0 saturated carbocycles. The van der Waals surface area contributed by atoms with Crippen molar-refractivity contribution in [2.75, 3.05) is 13.6 Å². The first-order valence-corrected chi connectivity index (χ1v) is 7.28. The molecule has 1 heterocycles. The lowest BCUT2D eigenvalue weighted by atomic mass is 10.3. The van der Waals surface area contributed by atoms with E-state index in [0.717, 1.165) is 5.82 Å². The molecule has 1 aromatic heterocycles. The van der Waals surface area contributed by atoms with Crippen LogP contribution in [0.5, 0.6) is 5.75 Å². The number of rotatable bonds is 6. The molecule has 2 N–H and O–H groups in total. The van der Waals surface area contributed by atoms with Crippen molar-refractivity contribution in [3.05, 3.63) is 42.2 Å². The first-order valence-electron chi connectivity index (χ1n) is 7.28. The molecular formula is C15H21FN6O. The molecular weight excluding hydrogens is 299 g/mol. The Hall–Kier alpha value is -2.64. The smallest absolute Gasteiger partial charge is 0.191 e. The lowest BCUT2D eigenvalue weighted by molar-refractivity contribution is 0.223. The second kappa shape index (κ2) is 8.11. The zero-order valence-corrected chi connectivity index (χ0v) is 13.5. The molecule has 0 fully saturated rings. The second-order valence-electron chi connectivity index (χ2n) is 5.05. The molecule has 1 aromatic carbocycles. The maximum atomic E-state index is 13.1. The van der Waals surface area contributed by atoms with Gasteiger partial charge in [-0.15, -0.1) is 10.2 Å². The number of hydrogen-bond donors (Lipinski definition) is 2. The number of halogens is 1. The number of nitrogens with zero attached hydrogens (tertiary/aromatic N) is 4. The summed E-state index contributed by atoms with van der Waals surface area (Å²) in [4.78, 5) is 4.13. The maximum absolute atomic E-state index is 13.1. The van der Waals surface area contributed by atoms with Gasteiger partial charge in [0, 0.05) is 20.2 Å². The van der Waals surface area contributed by atoms with Gasteiger partial charge in [-0.05, 0) is 19.1 Å². The Kier molecular flexibility index (Phi) is 5.90. The molecule has 1 atom stereocenters. The van der Waals surface area contributed by atoms with Crippen LogP contribution in [0.1, 0.15) is 12.7 Å². The number of aryl methyl sites for hydroxylation is 1. The van der Waals surface area contributed by atoms with Crippen LogP contribution in [0.25, 0.3) is 0 Å². The van der Waals surface area contributed by atoms with Crippen LogP contribution in [-0.4, -0.2) is 40.4 Å². The van der Waals surface area contributed by atoms with Crippen molar-refractivity contribution in [2.24, 2.45) is 12.0 Å². The zero-order chi connectivity index (χ0) is 16.7. The van der Waals surface area contributed by atoms with Crippen LogP contribution in [0.15, 0.2) is 35.6 Å². The number of hydrogen-bond acceptors (Lipinski definition) is 4. The molecule has 8 heteroatoms. The summed E-state index contributed by atoms with van der Waals surface area (Å²) in [6.07, 6.45) is 1.49. The number of guanidine groups is 1. The minimum absolute atomic E-state index is 0.148. The van der Waals surface area contributed by atoms with Gasteiger partial charge in [0.1, 0.15) is 24.0 Å². The number of ether oxygens (including phenoxy) is 1. The summed E-state index contributed by atoms with van der Waals surface area (Å²) in [5.74, 6) is 1.62. The van der Waals surface area contributed by atoms with E-state index in [9.17, 15) is 4.39 Å². The highest BCUT2D eigenvalue weighted by Gasteiger charge is 2.07. The van der Waals surface area contributed by atoms with Crippen molar-refractivity contribution < 1.29 is 9.13 Å². The van der Waals surface area contributed by atoms with Crippen LogP contribution < -0.4 is 15.4 Å². The van der Waals surface area contributed by atoms with Crippen molar-refractivity contribution >= 4 is 5.96 Å². The fourth-order valence-electron chi connectivity index (χ4n) is 1.91. The van der Waals surface area contributed by atoms with E-state index in [1.165, 1.54) is 12.1 Å². The summed E-state index contributed by atoms with van der Waals surface area (Å²) in [6.45, 7) is 2.93. The van der Waals surface area contributed by atoms with Crippen molar-refractivity contribution in [1.29, 1.82) is 0 Å². The van der Waals surface area contributed by atoms with Crippen molar-refractivity contribution in [3.63, 3.8) is 0 Å². The van der Waals surface area contributed by atoms with E-state index in [4.69, 9.17) is 4.74 Å². The fourth-order valence-corrected chi connectivity index (χ4v) is 1.91. The van der Waals surface area contributed by atoms with Crippen LogP contribution >= 0.6 is 0 Å². The average molecular weight is 320 g/mol. The summed E-state index contributed by atoms with van der Waals surface area (Å²) < 4.78 is 20.6. The van der Waals surface area contributed by atoms with Gasteiger partial charge in [-0.1, -0.05) is 6.07 Å². The summed E-state index contributed by atoms with van der Waals surface area (Å²) in [5.41, 5.74) is 0. The highest BCUT2D eigenvalue weighted by atomic mass is 19.1. The Morgan fingerprint density at radius 2 is 2.26 bits per heavy atom. The predicted octanol–water partition coefficient (Wildman–Crippen LogP) is 1.09. The van der Waals surface area contributed by atoms with Gasteiger partial charge in [-0.2, -0.15) is 0 Å². The van der Waals surface area contributed by atoms with Gasteiger partial charge in [0.15, 0.2) is 11.8 Å². The molecule has 0 saturated heterocycles. The standard InChI is InChI=1S/C15H21FN6O/c1-11(23-13-6-4-5-12(16)7-13)8-18-15(17-2)19-9-14-21-20-10-22(14)3/h4-7,10-11H,8-9H2,1-3H3,(H2,17,18,19). The molecule has 0 aliphatic carbocycles. The Labute approximate surface area is 134 Å². The summed E-state index contributed by atoms with van der Waals surface area (Å²) >= 11 is 0. The largest absolute Gasteiger partial charge is 0.489 e. The van der Waals surface area contributed by atoms with Crippen molar-refractivity contribution in [3.8, 4) is 5.75 Å². The van der Waals surface area contributed by atoms with Crippen LogP contribution in [0.3, 0.4) is 0 Å². The third kappa shape index (κ3) is 5.24. The number of aliphatic imine (C=N–C) groups is 1. The van der Waals surface area contributed by atoms with E-state index in [0.29, 0.717) is 24.8 Å². The average Bonchev–Trinajstić information content (AvgIpc) is 2.93. The Balaban J connectivity index is 1.77. The molecule has 0 bridgehead atoms. The lowest BCUT2D eigenvalue weighted by Crippen LogP contribution is -2.41. The normalized spacial score (nSPS) is 12.8. The molecule has 1 unspecified atom stereocenters. The molecule has 0 aliphatic heterocycles. The second-order valence-corrected chi connectivity index (χ2v) is 5.05. The molecule has 2 rings (SSSR count). The number of nitrogens with one attached hydrogen (secondary N) is 2. The third-order valence-corrected chi connectivity index (χ3v) is 3.13. The Morgan fingerprint density at radius 1 is 1.43 bits per heavy atom. The van der Waals surface area contributed by atoms with Gasteiger partial charge >= 0.3 is 0 Å². The van der Waals surface area contributed by atoms with E-state index >= 15 is 0 Å². The third-order valence-electron chi connectivity index (χ3n) is 3.13. The molecule has 0 aliphatic rings. The van der Waals surface area contributed by atoms with Gasteiger partial charge in [-0.3, -0.25) is 4.99 Å². The molecule has 2 aromatic rings. The van der Waals surface area contributed by atoms with Gasteiger partial charge in [0.2, 0.25) is 0 Å². The van der Waals surface area contributed by atoms with Crippen LogP contribution in [0, 0.1) is 5.82 Å². The lowest BCUT2D eigenvalue weighted by Gasteiger charge is -2.17. The van der Waals surface area contributed by atoms with Gasteiger partial charge in [0.05, 0.1) is 13.1 Å². The first kappa shape index (κ1) is 16.7. The zero-order valence-electron chi connectivity index (χ0n) is 13.5. The van der Waals surface area contributed by atoms with E-state index in [1.54, 1.807) is 25.5 Å². The summed E-state index contributed by atoms with van der Waals surface area (Å²) in [7, 11) is 3.56. The number of benzene rings is 1. The Bertz CT molecular complexity index is 657. The van der Waals surface area contributed by atoms with Gasteiger partial charge in [-0.25, -0.2) is 4.39 Å². The monoisotopic (exact) mass is 320 g/mol. The minimum atomic E-state index is -0.316.